The smallest absolute Gasteiger partial charge is 0.291 e. The van der Waals surface area contributed by atoms with Gasteiger partial charge < -0.3 is 19.4 Å². The standard InChI is InChI=1S/C22H21N3O5/c1-15-6-7-16(19(14-15)25(27)28)20-8-9-21(30-20)22(26)23-17-4-2-3-5-18(17)24-10-12-29-13-11-24/h2-9,14H,10-13H2,1H3,(H,23,26). The third-order valence-corrected chi connectivity index (χ3v) is 4.95. The monoisotopic (exact) mass is 407 g/mol. The van der Waals surface area contributed by atoms with E-state index in [9.17, 15) is 14.9 Å². The molecule has 0 atom stereocenters. The third kappa shape index (κ3) is 4.04. The first-order chi connectivity index (χ1) is 14.5. The van der Waals surface area contributed by atoms with Gasteiger partial charge in [0.25, 0.3) is 11.6 Å². The summed E-state index contributed by atoms with van der Waals surface area (Å²) >= 11 is 0. The van der Waals surface area contributed by atoms with Crippen LogP contribution < -0.4 is 10.2 Å². The zero-order chi connectivity index (χ0) is 21.1. The van der Waals surface area contributed by atoms with Gasteiger partial charge in [0.15, 0.2) is 5.76 Å². The number of ether oxygens (including phenoxy) is 1. The van der Waals surface area contributed by atoms with Crippen LogP contribution in [0.2, 0.25) is 0 Å². The van der Waals surface area contributed by atoms with Crippen molar-refractivity contribution in [3.63, 3.8) is 0 Å². The van der Waals surface area contributed by atoms with Crippen LogP contribution in [-0.4, -0.2) is 37.1 Å². The van der Waals surface area contributed by atoms with E-state index in [1.807, 2.05) is 24.3 Å². The summed E-state index contributed by atoms with van der Waals surface area (Å²) in [5.41, 5.74) is 2.63. The first kappa shape index (κ1) is 19.7. The Hall–Kier alpha value is -3.65. The number of morpholine rings is 1. The maximum absolute atomic E-state index is 12.8. The molecule has 0 spiro atoms. The Morgan fingerprint density at radius 3 is 2.63 bits per heavy atom. The highest BCUT2D eigenvalue weighted by atomic mass is 16.6. The fraction of sp³-hybridized carbons (Fsp3) is 0.227. The molecule has 2 heterocycles. The van der Waals surface area contributed by atoms with Crippen molar-refractivity contribution in [1.29, 1.82) is 0 Å². The van der Waals surface area contributed by atoms with Crippen molar-refractivity contribution in [3.8, 4) is 11.3 Å². The Balaban J connectivity index is 1.57. The highest BCUT2D eigenvalue weighted by Gasteiger charge is 2.21. The number of nitrogens with zero attached hydrogens (tertiary/aromatic N) is 2. The molecule has 1 fully saturated rings. The number of nitro groups is 1. The van der Waals surface area contributed by atoms with E-state index in [4.69, 9.17) is 9.15 Å². The lowest BCUT2D eigenvalue weighted by molar-refractivity contribution is -0.384. The molecule has 1 amide bonds. The molecule has 8 heteroatoms. The number of hydrogen-bond donors (Lipinski definition) is 1. The fourth-order valence-electron chi connectivity index (χ4n) is 3.45. The fourth-order valence-corrected chi connectivity index (χ4v) is 3.45. The summed E-state index contributed by atoms with van der Waals surface area (Å²) in [6, 6.07) is 15.5. The molecule has 1 aliphatic rings. The Bertz CT molecular complexity index is 1090. The molecule has 154 valence electrons. The molecule has 0 aliphatic carbocycles. The maximum Gasteiger partial charge on any atom is 0.291 e. The molecule has 1 aliphatic heterocycles. The maximum atomic E-state index is 12.8. The van der Waals surface area contributed by atoms with Crippen molar-refractivity contribution in [2.24, 2.45) is 0 Å². The zero-order valence-corrected chi connectivity index (χ0v) is 16.5. The summed E-state index contributed by atoms with van der Waals surface area (Å²) < 4.78 is 11.1. The van der Waals surface area contributed by atoms with Crippen LogP contribution in [0.4, 0.5) is 17.1 Å². The number of aryl methyl sites for hydroxylation is 1. The van der Waals surface area contributed by atoms with Crippen molar-refractivity contribution in [3.05, 3.63) is 76.0 Å². The van der Waals surface area contributed by atoms with E-state index in [-0.39, 0.29) is 17.2 Å². The number of carbonyl (C=O) groups is 1. The van der Waals surface area contributed by atoms with Crippen LogP contribution in [0.5, 0.6) is 0 Å². The second-order valence-corrected chi connectivity index (χ2v) is 7.01. The van der Waals surface area contributed by atoms with E-state index in [1.165, 1.54) is 12.1 Å². The molecule has 1 saturated heterocycles. The van der Waals surface area contributed by atoms with E-state index in [1.54, 1.807) is 25.1 Å². The molecule has 0 radical (unpaired) electrons. The molecular formula is C22H21N3O5. The summed E-state index contributed by atoms with van der Waals surface area (Å²) in [5.74, 6) is -0.0679. The Morgan fingerprint density at radius 1 is 1.10 bits per heavy atom. The summed E-state index contributed by atoms with van der Waals surface area (Å²) in [5, 5.41) is 14.3. The van der Waals surface area contributed by atoms with Crippen molar-refractivity contribution in [2.75, 3.05) is 36.5 Å². The SMILES string of the molecule is Cc1ccc(-c2ccc(C(=O)Nc3ccccc3N3CCOCC3)o2)c([N+](=O)[O-])c1. The summed E-state index contributed by atoms with van der Waals surface area (Å²) in [7, 11) is 0. The molecule has 1 N–H and O–H groups in total. The number of amides is 1. The number of anilines is 2. The second kappa shape index (κ2) is 8.38. The molecule has 0 unspecified atom stereocenters. The zero-order valence-electron chi connectivity index (χ0n) is 16.5. The molecule has 1 aromatic heterocycles. The van der Waals surface area contributed by atoms with Crippen LogP contribution >= 0.6 is 0 Å². The summed E-state index contributed by atoms with van der Waals surface area (Å²) in [6.07, 6.45) is 0. The minimum atomic E-state index is -0.455. The highest BCUT2D eigenvalue weighted by Crippen LogP contribution is 2.33. The van der Waals surface area contributed by atoms with E-state index < -0.39 is 10.8 Å². The van der Waals surface area contributed by atoms with Gasteiger partial charge in [-0.2, -0.15) is 0 Å². The second-order valence-electron chi connectivity index (χ2n) is 7.01. The Kier molecular flexibility index (Phi) is 5.49. The lowest BCUT2D eigenvalue weighted by atomic mass is 10.1. The largest absolute Gasteiger partial charge is 0.451 e. The first-order valence-electron chi connectivity index (χ1n) is 9.61. The number of hydrogen-bond acceptors (Lipinski definition) is 6. The quantitative estimate of drug-likeness (QED) is 0.501. The Labute approximate surface area is 173 Å². The van der Waals surface area contributed by atoms with Crippen molar-refractivity contribution < 1.29 is 18.9 Å². The first-order valence-corrected chi connectivity index (χ1v) is 9.61. The molecule has 2 aromatic carbocycles. The number of nitrogens with one attached hydrogen (secondary N) is 1. The Morgan fingerprint density at radius 2 is 1.87 bits per heavy atom. The average molecular weight is 407 g/mol. The molecule has 30 heavy (non-hydrogen) atoms. The van der Waals surface area contributed by atoms with Crippen LogP contribution in [-0.2, 0) is 4.74 Å². The average Bonchev–Trinajstić information content (AvgIpc) is 3.25. The highest BCUT2D eigenvalue weighted by molar-refractivity contribution is 6.04. The molecule has 0 saturated carbocycles. The molecule has 0 bridgehead atoms. The van der Waals surface area contributed by atoms with Gasteiger partial charge in [0.2, 0.25) is 0 Å². The summed E-state index contributed by atoms with van der Waals surface area (Å²) in [4.78, 5) is 25.9. The predicted octanol–water partition coefficient (Wildman–Crippen LogP) is 4.25. The number of nitro benzene ring substituents is 1. The van der Waals surface area contributed by atoms with Crippen molar-refractivity contribution >= 4 is 23.0 Å². The van der Waals surface area contributed by atoms with Gasteiger partial charge in [0.1, 0.15) is 5.76 Å². The van der Waals surface area contributed by atoms with Gasteiger partial charge in [0, 0.05) is 19.2 Å². The van der Waals surface area contributed by atoms with Gasteiger partial charge in [-0.15, -0.1) is 0 Å². The van der Waals surface area contributed by atoms with Crippen LogP contribution in [0.25, 0.3) is 11.3 Å². The van der Waals surface area contributed by atoms with Crippen LogP contribution in [0.1, 0.15) is 16.1 Å². The predicted molar refractivity (Wildman–Crippen MR) is 113 cm³/mol. The van der Waals surface area contributed by atoms with E-state index in [2.05, 4.69) is 10.2 Å². The number of carbonyl (C=O) groups excluding carboxylic acids is 1. The topological polar surface area (TPSA) is 97.9 Å². The van der Waals surface area contributed by atoms with Gasteiger partial charge in [-0.05, 0) is 42.8 Å². The van der Waals surface area contributed by atoms with E-state index >= 15 is 0 Å². The normalized spacial score (nSPS) is 13.8. The molecule has 8 nitrogen and oxygen atoms in total. The van der Waals surface area contributed by atoms with Gasteiger partial charge in [0.05, 0.1) is 35.1 Å². The minimum absolute atomic E-state index is 0.0611. The molecule has 4 rings (SSSR count). The molecular weight excluding hydrogens is 386 g/mol. The van der Waals surface area contributed by atoms with Crippen molar-refractivity contribution in [1.82, 2.24) is 0 Å². The lowest BCUT2D eigenvalue weighted by Gasteiger charge is -2.30. The van der Waals surface area contributed by atoms with Crippen LogP contribution in [0.15, 0.2) is 59.0 Å². The van der Waals surface area contributed by atoms with Gasteiger partial charge in [-0.25, -0.2) is 0 Å². The lowest BCUT2D eigenvalue weighted by Crippen LogP contribution is -2.36. The number of furan rings is 1. The van der Waals surface area contributed by atoms with Crippen LogP contribution in [0, 0.1) is 17.0 Å². The third-order valence-electron chi connectivity index (χ3n) is 4.95. The number of benzene rings is 2. The van der Waals surface area contributed by atoms with E-state index in [0.717, 1.165) is 24.3 Å². The van der Waals surface area contributed by atoms with Gasteiger partial charge >= 0.3 is 0 Å². The number of para-hydroxylation sites is 2. The summed E-state index contributed by atoms with van der Waals surface area (Å²) in [6.45, 7) is 4.55. The number of rotatable bonds is 5. The van der Waals surface area contributed by atoms with Crippen LogP contribution in [0.3, 0.4) is 0 Å². The molecule has 3 aromatic rings. The van der Waals surface area contributed by atoms with Gasteiger partial charge in [-0.1, -0.05) is 18.2 Å². The van der Waals surface area contributed by atoms with Crippen molar-refractivity contribution in [2.45, 2.75) is 6.92 Å². The van der Waals surface area contributed by atoms with E-state index in [0.29, 0.717) is 24.5 Å². The van der Waals surface area contributed by atoms with Gasteiger partial charge in [-0.3, -0.25) is 14.9 Å². The minimum Gasteiger partial charge on any atom is -0.451 e.